The predicted octanol–water partition coefficient (Wildman–Crippen LogP) is -0.0487. The van der Waals surface area contributed by atoms with Gasteiger partial charge in [-0.15, -0.1) is 0 Å². The maximum Gasteiger partial charge on any atom is 0.259 e. The van der Waals surface area contributed by atoms with Gasteiger partial charge in [0.15, 0.2) is 18.0 Å². The number of allylic oxidation sites excluding steroid dienone is 1. The standard InChI is InChI=1S/C13H14N2O2/c1-6-8-4-3-5-15(8)11-9(6)13(17)10(14)7(2)12(11)16/h4,16H,3,5,14H2,1-2H3/p+1. The summed E-state index contributed by atoms with van der Waals surface area (Å²) in [6.07, 6.45) is 3.09. The topological polar surface area (TPSA) is 69.5 Å². The molecule has 0 bridgehead atoms. The minimum Gasteiger partial charge on any atom is -0.505 e. The molecule has 2 aliphatic heterocycles. The molecule has 0 spiro atoms. The maximum absolute atomic E-state index is 10.2. The third-order valence-corrected chi connectivity index (χ3v) is 3.72. The van der Waals surface area contributed by atoms with Crippen LogP contribution in [-0.4, -0.2) is 16.8 Å². The van der Waals surface area contributed by atoms with Crippen LogP contribution in [0.4, 0.5) is 5.69 Å². The first-order valence-corrected chi connectivity index (χ1v) is 5.70. The first-order valence-electron chi connectivity index (χ1n) is 5.70. The van der Waals surface area contributed by atoms with Crippen LogP contribution in [0, 0.1) is 6.92 Å². The van der Waals surface area contributed by atoms with E-state index < -0.39 is 0 Å². The summed E-state index contributed by atoms with van der Waals surface area (Å²) in [5, 5.41) is 21.7. The van der Waals surface area contributed by atoms with Crippen LogP contribution in [0.5, 0.6) is 11.5 Å². The van der Waals surface area contributed by atoms with Crippen molar-refractivity contribution in [2.24, 2.45) is 0 Å². The van der Waals surface area contributed by atoms with E-state index in [2.05, 4.69) is 6.08 Å². The lowest BCUT2D eigenvalue weighted by molar-refractivity contribution is 0.444. The quantitative estimate of drug-likeness (QED) is 0.254. The van der Waals surface area contributed by atoms with Crippen molar-refractivity contribution < 1.29 is 10.2 Å². The van der Waals surface area contributed by atoms with Crippen molar-refractivity contribution in [1.29, 1.82) is 0 Å². The summed E-state index contributed by atoms with van der Waals surface area (Å²) < 4.78 is 2.05. The Balaban J connectivity index is 2.65. The van der Waals surface area contributed by atoms with E-state index in [0.717, 1.165) is 24.2 Å². The van der Waals surface area contributed by atoms with E-state index in [-0.39, 0.29) is 17.2 Å². The second-order valence-corrected chi connectivity index (χ2v) is 4.61. The Hall–Kier alpha value is -1.97. The average Bonchev–Trinajstić information content (AvgIpc) is 2.86. The van der Waals surface area contributed by atoms with Crippen LogP contribution in [0.25, 0.3) is 5.57 Å². The lowest BCUT2D eigenvalue weighted by atomic mass is 10.1. The molecule has 0 aromatic heterocycles. The molecule has 1 aromatic carbocycles. The molecule has 0 unspecified atom stereocenters. The van der Waals surface area contributed by atoms with Crippen LogP contribution in [0.3, 0.4) is 0 Å². The van der Waals surface area contributed by atoms with Crippen molar-refractivity contribution >= 4 is 11.3 Å². The van der Waals surface area contributed by atoms with Crippen LogP contribution < -0.4 is 20.9 Å². The number of nitrogens with zero attached hydrogens (tertiary/aromatic N) is 1. The van der Waals surface area contributed by atoms with Gasteiger partial charge in [-0.05, 0) is 19.9 Å². The van der Waals surface area contributed by atoms with E-state index in [0.29, 0.717) is 16.1 Å². The van der Waals surface area contributed by atoms with Gasteiger partial charge in [-0.2, -0.15) is 4.58 Å². The molecule has 4 heteroatoms. The summed E-state index contributed by atoms with van der Waals surface area (Å²) in [5.41, 5.74) is 8.68. The number of nitrogens with two attached hydrogens (primary N) is 1. The zero-order chi connectivity index (χ0) is 12.3. The Morgan fingerprint density at radius 1 is 1.24 bits per heavy atom. The molecule has 0 amide bonds. The smallest absolute Gasteiger partial charge is 0.259 e. The van der Waals surface area contributed by atoms with E-state index >= 15 is 0 Å². The number of fused-ring (bicyclic) bond motifs is 2. The minimum absolute atomic E-state index is 0.0862. The number of nitrogen functional groups attached to an aromatic ring is 1. The van der Waals surface area contributed by atoms with E-state index in [4.69, 9.17) is 5.73 Å². The number of hydrogen-bond acceptors (Lipinski definition) is 3. The van der Waals surface area contributed by atoms with Gasteiger partial charge in [-0.3, -0.25) is 0 Å². The fourth-order valence-corrected chi connectivity index (χ4v) is 2.74. The molecule has 3 rings (SSSR count). The Labute approximate surface area is 98.6 Å². The van der Waals surface area contributed by atoms with Crippen molar-refractivity contribution in [2.75, 3.05) is 12.3 Å². The third-order valence-electron chi connectivity index (χ3n) is 3.72. The molecule has 2 aliphatic rings. The Kier molecular flexibility index (Phi) is 1.82. The van der Waals surface area contributed by atoms with Crippen molar-refractivity contribution in [3.05, 3.63) is 27.9 Å². The summed E-state index contributed by atoms with van der Waals surface area (Å²) >= 11 is 0. The molecule has 0 saturated carbocycles. The molecule has 2 heterocycles. The minimum atomic E-state index is 0.0862. The molecule has 1 aromatic rings. The summed E-state index contributed by atoms with van der Waals surface area (Å²) in [6, 6.07) is 0. The highest BCUT2D eigenvalue weighted by atomic mass is 16.3. The lowest BCUT2D eigenvalue weighted by Crippen LogP contribution is -2.34. The van der Waals surface area contributed by atoms with Crippen LogP contribution >= 0.6 is 0 Å². The number of anilines is 1. The van der Waals surface area contributed by atoms with Gasteiger partial charge in [-0.25, -0.2) is 0 Å². The second-order valence-electron chi connectivity index (χ2n) is 4.61. The van der Waals surface area contributed by atoms with E-state index in [9.17, 15) is 10.2 Å². The second kappa shape index (κ2) is 3.03. The average molecular weight is 231 g/mol. The molecular formula is C13H15N2O2+. The number of phenolic OH excluding ortho intramolecular Hbond substituents is 2. The number of hydrogen-bond donors (Lipinski definition) is 3. The highest BCUT2D eigenvalue weighted by Crippen LogP contribution is 2.28. The van der Waals surface area contributed by atoms with E-state index in [1.807, 2.05) is 11.5 Å². The summed E-state index contributed by atoms with van der Waals surface area (Å²) in [5.74, 6) is 0.267. The number of aromatic hydroxyl groups is 2. The molecule has 0 atom stereocenters. The molecule has 4 nitrogen and oxygen atoms in total. The predicted molar refractivity (Wildman–Crippen MR) is 66.1 cm³/mol. The normalized spacial score (nSPS) is 17.2. The van der Waals surface area contributed by atoms with Crippen molar-refractivity contribution in [1.82, 2.24) is 4.58 Å². The largest absolute Gasteiger partial charge is 0.505 e. The highest BCUT2D eigenvalue weighted by molar-refractivity contribution is 5.73. The first-order chi connectivity index (χ1) is 8.04. The molecule has 0 fully saturated rings. The summed E-state index contributed by atoms with van der Waals surface area (Å²) in [6.45, 7) is 4.51. The van der Waals surface area contributed by atoms with Crippen LogP contribution in [0.2, 0.25) is 0 Å². The van der Waals surface area contributed by atoms with E-state index in [1.165, 1.54) is 0 Å². The van der Waals surface area contributed by atoms with Gasteiger partial charge in [0.25, 0.3) is 5.36 Å². The molecule has 4 N–H and O–H groups in total. The highest BCUT2D eigenvalue weighted by Gasteiger charge is 2.33. The molecule has 88 valence electrons. The Morgan fingerprint density at radius 2 is 1.94 bits per heavy atom. The molecule has 0 radical (unpaired) electrons. The van der Waals surface area contributed by atoms with Gasteiger partial charge in [0.1, 0.15) is 5.22 Å². The number of rotatable bonds is 0. The van der Waals surface area contributed by atoms with Crippen LogP contribution in [0.15, 0.2) is 11.8 Å². The van der Waals surface area contributed by atoms with Crippen molar-refractivity contribution in [2.45, 2.75) is 20.3 Å². The lowest BCUT2D eigenvalue weighted by Gasteiger charge is -2.04. The first kappa shape index (κ1) is 10.2. The zero-order valence-electron chi connectivity index (χ0n) is 9.91. The summed E-state index contributed by atoms with van der Waals surface area (Å²) in [4.78, 5) is 0. The Morgan fingerprint density at radius 3 is 2.65 bits per heavy atom. The van der Waals surface area contributed by atoms with Crippen LogP contribution in [-0.2, 0) is 0 Å². The third kappa shape index (κ3) is 1.05. The fraction of sp³-hybridized carbons (Fsp3) is 0.308. The molecule has 0 saturated heterocycles. The van der Waals surface area contributed by atoms with Gasteiger partial charge in [0.2, 0.25) is 5.70 Å². The summed E-state index contributed by atoms with van der Waals surface area (Å²) in [7, 11) is 0. The van der Waals surface area contributed by atoms with Gasteiger partial charge >= 0.3 is 0 Å². The van der Waals surface area contributed by atoms with Crippen LogP contribution in [0.1, 0.15) is 18.9 Å². The zero-order valence-corrected chi connectivity index (χ0v) is 9.91. The van der Waals surface area contributed by atoms with Gasteiger partial charge in [0, 0.05) is 17.6 Å². The maximum atomic E-state index is 10.2. The number of benzene rings is 1. The van der Waals surface area contributed by atoms with Gasteiger partial charge in [0.05, 0.1) is 5.69 Å². The monoisotopic (exact) mass is 231 g/mol. The SMILES string of the molecule is CC1=c2c(O)c(N)c(C)c(O)c2=[N+]2CCC=C12. The Bertz CT molecular complexity index is 699. The molecule has 17 heavy (non-hydrogen) atoms. The molecular weight excluding hydrogens is 216 g/mol. The van der Waals surface area contributed by atoms with E-state index in [1.54, 1.807) is 6.92 Å². The number of phenols is 2. The van der Waals surface area contributed by atoms with Crippen molar-refractivity contribution in [3.63, 3.8) is 0 Å². The van der Waals surface area contributed by atoms with Crippen molar-refractivity contribution in [3.8, 4) is 11.5 Å². The van der Waals surface area contributed by atoms with Gasteiger partial charge < -0.3 is 15.9 Å². The van der Waals surface area contributed by atoms with Gasteiger partial charge in [-0.1, -0.05) is 0 Å². The molecule has 0 aliphatic carbocycles. The fourth-order valence-electron chi connectivity index (χ4n) is 2.74.